The molecule has 0 spiro atoms. The first-order chi connectivity index (χ1) is 17.0. The van der Waals surface area contributed by atoms with Gasteiger partial charge >= 0.3 is 0 Å². The zero-order chi connectivity index (χ0) is 24.0. The Morgan fingerprint density at radius 2 is 1.63 bits per heavy atom. The van der Waals surface area contributed by atoms with Crippen molar-refractivity contribution in [3.63, 3.8) is 0 Å². The van der Waals surface area contributed by atoms with Crippen LogP contribution in [0.3, 0.4) is 0 Å². The van der Waals surface area contributed by atoms with Crippen LogP contribution in [-0.4, -0.2) is 15.9 Å². The van der Waals surface area contributed by atoms with Crippen LogP contribution in [0.4, 0.5) is 0 Å². The molecule has 6 rings (SSSR count). The molecule has 1 aliphatic carbocycles. The Hall–Kier alpha value is -4.29. The van der Waals surface area contributed by atoms with Crippen LogP contribution in [-0.2, 0) is 5.54 Å². The lowest BCUT2D eigenvalue weighted by Crippen LogP contribution is -2.43. The molecule has 0 unspecified atom stereocenters. The van der Waals surface area contributed by atoms with E-state index in [9.17, 15) is 4.79 Å². The highest BCUT2D eigenvalue weighted by atomic mass is 16.3. The van der Waals surface area contributed by atoms with E-state index in [0.29, 0.717) is 28.2 Å². The van der Waals surface area contributed by atoms with Gasteiger partial charge in [-0.3, -0.25) is 4.79 Å². The maximum absolute atomic E-state index is 11.7. The normalized spacial score (nSPS) is 14.5. The summed E-state index contributed by atoms with van der Waals surface area (Å²) in [5.41, 5.74) is 18.7. The van der Waals surface area contributed by atoms with Crippen molar-refractivity contribution < 1.29 is 9.21 Å². The van der Waals surface area contributed by atoms with Crippen molar-refractivity contribution in [1.82, 2.24) is 9.97 Å². The SMILES string of the molecule is NC(=O)c1cccc(-c2cnc3oc(-c4ccc(C5(N)CCC5)cc4)c(-c4ccccc4)c3n2)c1. The van der Waals surface area contributed by atoms with Gasteiger partial charge in [0, 0.05) is 22.2 Å². The Morgan fingerprint density at radius 3 is 2.31 bits per heavy atom. The largest absolute Gasteiger partial charge is 0.436 e. The van der Waals surface area contributed by atoms with Crippen LogP contribution < -0.4 is 11.5 Å². The Morgan fingerprint density at radius 1 is 0.886 bits per heavy atom. The fourth-order valence-corrected chi connectivity index (χ4v) is 4.72. The predicted octanol–water partition coefficient (Wildman–Crippen LogP) is 5.66. The molecule has 35 heavy (non-hydrogen) atoms. The van der Waals surface area contributed by atoms with Crippen LogP contribution in [0.2, 0.25) is 0 Å². The predicted molar refractivity (Wildman–Crippen MR) is 136 cm³/mol. The fourth-order valence-electron chi connectivity index (χ4n) is 4.72. The highest BCUT2D eigenvalue weighted by molar-refractivity contribution is 5.99. The van der Waals surface area contributed by atoms with E-state index in [2.05, 4.69) is 29.2 Å². The minimum atomic E-state index is -0.485. The van der Waals surface area contributed by atoms with Gasteiger partial charge in [0.05, 0.1) is 17.5 Å². The molecule has 0 saturated heterocycles. The first kappa shape index (κ1) is 21.3. The standard InChI is InChI=1S/C29H24N4O2/c30-27(34)21-9-4-8-20(16-21)23-17-32-28-25(33-23)24(18-6-2-1-3-7-18)26(35-28)19-10-12-22(13-11-19)29(31)14-5-15-29/h1-4,6-13,16-17H,5,14-15,31H2,(H2,30,34). The van der Waals surface area contributed by atoms with Gasteiger partial charge in [0.2, 0.25) is 11.6 Å². The quantitative estimate of drug-likeness (QED) is 0.352. The summed E-state index contributed by atoms with van der Waals surface area (Å²) in [7, 11) is 0. The molecule has 6 heteroatoms. The maximum atomic E-state index is 11.7. The number of rotatable bonds is 5. The average molecular weight is 461 g/mol. The molecule has 0 aliphatic heterocycles. The van der Waals surface area contributed by atoms with Crippen molar-refractivity contribution in [3.8, 4) is 33.7 Å². The van der Waals surface area contributed by atoms with Gasteiger partial charge in [0.25, 0.3) is 0 Å². The molecule has 1 fully saturated rings. The third-order valence-corrected chi connectivity index (χ3v) is 6.87. The third kappa shape index (κ3) is 3.68. The number of amides is 1. The summed E-state index contributed by atoms with van der Waals surface area (Å²) in [6.07, 6.45) is 4.85. The molecule has 5 aromatic rings. The fraction of sp³-hybridized carbons (Fsp3) is 0.138. The van der Waals surface area contributed by atoms with Crippen molar-refractivity contribution >= 4 is 17.1 Å². The molecule has 0 radical (unpaired) electrons. The zero-order valence-electron chi connectivity index (χ0n) is 19.1. The molecule has 172 valence electrons. The molecule has 1 aliphatic rings. The van der Waals surface area contributed by atoms with Gasteiger partial charge < -0.3 is 15.9 Å². The first-order valence-corrected chi connectivity index (χ1v) is 11.7. The zero-order valence-corrected chi connectivity index (χ0v) is 19.1. The number of hydrogen-bond donors (Lipinski definition) is 2. The summed E-state index contributed by atoms with van der Waals surface area (Å²) in [6.45, 7) is 0. The van der Waals surface area contributed by atoms with Crippen LogP contribution in [0.15, 0.2) is 89.5 Å². The number of furan rings is 1. The topological polar surface area (TPSA) is 108 Å². The van der Waals surface area contributed by atoms with Gasteiger partial charge in [0.15, 0.2) is 0 Å². The number of benzene rings is 3. The van der Waals surface area contributed by atoms with Crippen LogP contribution in [0.5, 0.6) is 0 Å². The van der Waals surface area contributed by atoms with Gasteiger partial charge in [-0.05, 0) is 42.5 Å². The van der Waals surface area contributed by atoms with Crippen LogP contribution in [0.25, 0.3) is 44.9 Å². The lowest BCUT2D eigenvalue weighted by atomic mass is 9.72. The Labute approximate surface area is 202 Å². The highest BCUT2D eigenvalue weighted by Crippen LogP contribution is 2.42. The molecule has 2 aromatic heterocycles. The summed E-state index contributed by atoms with van der Waals surface area (Å²) in [5.74, 6) is 0.224. The molecular weight excluding hydrogens is 436 g/mol. The molecule has 2 heterocycles. The molecule has 1 saturated carbocycles. The second kappa shape index (κ2) is 8.18. The smallest absolute Gasteiger partial charge is 0.248 e. The lowest BCUT2D eigenvalue weighted by Gasteiger charge is -2.38. The average Bonchev–Trinajstić information content (AvgIpc) is 3.27. The number of hydrogen-bond acceptors (Lipinski definition) is 5. The summed E-state index contributed by atoms with van der Waals surface area (Å²) < 4.78 is 6.28. The van der Waals surface area contributed by atoms with Crippen LogP contribution >= 0.6 is 0 Å². The molecule has 4 N–H and O–H groups in total. The van der Waals surface area contributed by atoms with E-state index in [-0.39, 0.29) is 5.54 Å². The minimum Gasteiger partial charge on any atom is -0.436 e. The summed E-state index contributed by atoms with van der Waals surface area (Å²) >= 11 is 0. The third-order valence-electron chi connectivity index (χ3n) is 6.87. The van der Waals surface area contributed by atoms with Crippen molar-refractivity contribution in [2.45, 2.75) is 24.8 Å². The molecule has 1 amide bonds. The lowest BCUT2D eigenvalue weighted by molar-refractivity contribution is 0.100. The number of carbonyl (C=O) groups is 1. The van der Waals surface area contributed by atoms with E-state index in [4.69, 9.17) is 20.9 Å². The molecule has 3 aromatic carbocycles. The van der Waals surface area contributed by atoms with Crippen LogP contribution in [0, 0.1) is 0 Å². The Bertz CT molecular complexity index is 1550. The van der Waals surface area contributed by atoms with Gasteiger partial charge in [-0.2, -0.15) is 0 Å². The number of primary amides is 1. The number of nitrogens with zero attached hydrogens (tertiary/aromatic N) is 2. The van der Waals surface area contributed by atoms with E-state index >= 15 is 0 Å². The van der Waals surface area contributed by atoms with E-state index < -0.39 is 5.91 Å². The number of nitrogens with two attached hydrogens (primary N) is 2. The molecular formula is C29H24N4O2. The van der Waals surface area contributed by atoms with Gasteiger partial charge in [0.1, 0.15) is 11.3 Å². The number of fused-ring (bicyclic) bond motifs is 1. The van der Waals surface area contributed by atoms with E-state index in [0.717, 1.165) is 40.7 Å². The second-order valence-electron chi connectivity index (χ2n) is 9.11. The summed E-state index contributed by atoms with van der Waals surface area (Å²) in [6, 6.07) is 25.4. The second-order valence-corrected chi connectivity index (χ2v) is 9.11. The van der Waals surface area contributed by atoms with Gasteiger partial charge in [-0.1, -0.05) is 66.7 Å². The van der Waals surface area contributed by atoms with E-state index in [1.165, 1.54) is 6.42 Å². The monoisotopic (exact) mass is 460 g/mol. The molecule has 0 atom stereocenters. The van der Waals surface area contributed by atoms with Crippen molar-refractivity contribution in [3.05, 3.63) is 96.2 Å². The number of aromatic nitrogens is 2. The Kier molecular flexibility index (Phi) is 4.97. The summed E-state index contributed by atoms with van der Waals surface area (Å²) in [4.78, 5) is 21.2. The van der Waals surface area contributed by atoms with Crippen LogP contribution in [0.1, 0.15) is 35.2 Å². The molecule has 6 nitrogen and oxygen atoms in total. The van der Waals surface area contributed by atoms with E-state index in [1.54, 1.807) is 24.4 Å². The summed E-state index contributed by atoms with van der Waals surface area (Å²) in [5, 5.41) is 0. The first-order valence-electron chi connectivity index (χ1n) is 11.7. The van der Waals surface area contributed by atoms with E-state index in [1.807, 2.05) is 36.4 Å². The Balaban J connectivity index is 1.51. The van der Waals surface area contributed by atoms with Crippen molar-refractivity contribution in [2.24, 2.45) is 11.5 Å². The van der Waals surface area contributed by atoms with Gasteiger partial charge in [-0.15, -0.1) is 0 Å². The molecule has 0 bridgehead atoms. The highest BCUT2D eigenvalue weighted by Gasteiger charge is 2.34. The van der Waals surface area contributed by atoms with Crippen molar-refractivity contribution in [1.29, 1.82) is 0 Å². The number of carbonyl (C=O) groups excluding carboxylic acids is 1. The van der Waals surface area contributed by atoms with Gasteiger partial charge in [-0.25, -0.2) is 9.97 Å². The van der Waals surface area contributed by atoms with Crippen molar-refractivity contribution in [2.75, 3.05) is 0 Å². The minimum absolute atomic E-state index is 0.216. The maximum Gasteiger partial charge on any atom is 0.248 e.